The Hall–Kier alpha value is -3.96. The first kappa shape index (κ1) is 26.6. The van der Waals surface area contributed by atoms with Crippen molar-refractivity contribution < 1.29 is 24.2 Å². The molecule has 6 N–H and O–H groups in total. The van der Waals surface area contributed by atoms with Crippen LogP contribution >= 0.6 is 11.5 Å². The van der Waals surface area contributed by atoms with E-state index in [0.717, 1.165) is 17.1 Å². The minimum atomic E-state index is -1.14. The van der Waals surface area contributed by atoms with E-state index < -0.39 is 23.8 Å². The molecule has 0 aliphatic carbocycles. The number of carbonyl (C=O) groups excluding carboxylic acids is 3. The van der Waals surface area contributed by atoms with E-state index in [9.17, 15) is 19.5 Å². The first-order valence-electron chi connectivity index (χ1n) is 11.2. The maximum atomic E-state index is 13.9. The minimum absolute atomic E-state index is 0.00857. The number of anilines is 2. The van der Waals surface area contributed by atoms with E-state index in [1.165, 1.54) is 24.1 Å². The molecule has 2 aromatic carbocycles. The molecule has 1 heterocycles. The van der Waals surface area contributed by atoms with E-state index in [4.69, 9.17) is 16.2 Å². The Bertz CT molecular complexity index is 1220. The maximum absolute atomic E-state index is 13.9. The zero-order valence-corrected chi connectivity index (χ0v) is 21.0. The smallest absolute Gasteiger partial charge is 0.273 e. The molecular weight excluding hydrogens is 482 g/mol. The SMILES string of the molecule is COCCNC(=O)[C@@H](c1ccc(O)cc1)N(C(=O)c1snc(C(N)=O)c1N)c1ccc(C(C)C)cc1. The predicted octanol–water partition coefficient (Wildman–Crippen LogP) is 2.80. The number of phenolic OH excluding ortho intramolecular Hbond substituents is 1. The van der Waals surface area contributed by atoms with Gasteiger partial charge in [0.25, 0.3) is 11.8 Å². The number of nitrogen functional groups attached to an aromatic ring is 1. The number of nitrogens with two attached hydrogens (primary N) is 2. The molecule has 11 heteroatoms. The molecule has 0 radical (unpaired) electrons. The van der Waals surface area contributed by atoms with Crippen LogP contribution in [0.5, 0.6) is 5.75 Å². The molecule has 3 aromatic rings. The Morgan fingerprint density at radius 1 is 1.08 bits per heavy atom. The summed E-state index contributed by atoms with van der Waals surface area (Å²) in [6.07, 6.45) is 0. The van der Waals surface area contributed by atoms with Crippen LogP contribution in [-0.4, -0.2) is 47.5 Å². The molecule has 3 amide bonds. The lowest BCUT2D eigenvalue weighted by Gasteiger charge is -2.31. The van der Waals surface area contributed by atoms with Crippen molar-refractivity contribution in [2.45, 2.75) is 25.8 Å². The Kier molecular flexibility index (Phi) is 8.62. The van der Waals surface area contributed by atoms with Crippen molar-refractivity contribution in [2.75, 3.05) is 30.9 Å². The maximum Gasteiger partial charge on any atom is 0.273 e. The lowest BCUT2D eigenvalue weighted by molar-refractivity contribution is -0.122. The van der Waals surface area contributed by atoms with Crippen LogP contribution in [0.4, 0.5) is 11.4 Å². The topological polar surface area (TPSA) is 161 Å². The summed E-state index contributed by atoms with van der Waals surface area (Å²) in [6.45, 7) is 4.58. The molecule has 0 bridgehead atoms. The molecule has 0 aliphatic rings. The molecule has 1 atom stereocenters. The number of amides is 3. The second kappa shape index (κ2) is 11.6. The van der Waals surface area contributed by atoms with Crippen LogP contribution in [0.1, 0.15) is 57.1 Å². The molecule has 0 fully saturated rings. The molecule has 0 saturated carbocycles. The van der Waals surface area contributed by atoms with Crippen LogP contribution < -0.4 is 21.7 Å². The van der Waals surface area contributed by atoms with Crippen molar-refractivity contribution in [1.82, 2.24) is 9.69 Å². The number of ether oxygens (including phenoxy) is 1. The highest BCUT2D eigenvalue weighted by Crippen LogP contribution is 2.34. The third kappa shape index (κ3) is 5.81. The number of primary amides is 1. The van der Waals surface area contributed by atoms with Crippen LogP contribution in [0.15, 0.2) is 48.5 Å². The van der Waals surface area contributed by atoms with E-state index in [1.54, 1.807) is 24.3 Å². The van der Waals surface area contributed by atoms with Crippen molar-refractivity contribution >= 4 is 40.6 Å². The molecule has 190 valence electrons. The number of phenols is 1. The quantitative estimate of drug-likeness (QED) is 0.304. The third-order valence-electron chi connectivity index (χ3n) is 5.53. The summed E-state index contributed by atoms with van der Waals surface area (Å²) < 4.78 is 8.98. The standard InChI is InChI=1S/C25H29N5O5S/c1-14(2)15-4-8-17(9-5-15)30(25(34)22-19(26)20(23(27)32)29-36-22)21(24(33)28-12-13-35-3)16-6-10-18(31)11-7-16/h4-11,14,21,31H,12-13,26H2,1-3H3,(H2,27,32)(H,28,33)/t21-/m1/s1. The predicted molar refractivity (Wildman–Crippen MR) is 138 cm³/mol. The summed E-state index contributed by atoms with van der Waals surface area (Å²) in [5, 5.41) is 12.6. The van der Waals surface area contributed by atoms with Gasteiger partial charge in [0.2, 0.25) is 5.91 Å². The van der Waals surface area contributed by atoms with E-state index in [1.807, 2.05) is 26.0 Å². The number of hydrogen-bond acceptors (Lipinski definition) is 8. The summed E-state index contributed by atoms with van der Waals surface area (Å²) >= 11 is 0.733. The number of hydrogen-bond donors (Lipinski definition) is 4. The van der Waals surface area contributed by atoms with Gasteiger partial charge in [0, 0.05) is 19.3 Å². The highest BCUT2D eigenvalue weighted by Gasteiger charge is 2.36. The number of nitrogens with zero attached hydrogens (tertiary/aromatic N) is 2. The molecule has 1 aromatic heterocycles. The van der Waals surface area contributed by atoms with Gasteiger partial charge in [-0.05, 0) is 52.8 Å². The van der Waals surface area contributed by atoms with E-state index in [0.29, 0.717) is 11.3 Å². The Morgan fingerprint density at radius 2 is 1.69 bits per heavy atom. The molecule has 3 rings (SSSR count). The zero-order chi connectivity index (χ0) is 26.4. The summed E-state index contributed by atoms with van der Waals surface area (Å²) in [4.78, 5) is 40.4. The first-order chi connectivity index (χ1) is 17.1. The van der Waals surface area contributed by atoms with Crippen molar-refractivity contribution in [3.8, 4) is 5.75 Å². The fourth-order valence-corrected chi connectivity index (χ4v) is 4.33. The molecule has 0 saturated heterocycles. The molecule has 0 unspecified atom stereocenters. The molecule has 0 spiro atoms. The molecular formula is C25H29N5O5S. The van der Waals surface area contributed by atoms with Gasteiger partial charge in [-0.3, -0.25) is 19.3 Å². The van der Waals surface area contributed by atoms with Crippen LogP contribution in [0.3, 0.4) is 0 Å². The van der Waals surface area contributed by atoms with Crippen LogP contribution in [0, 0.1) is 0 Å². The number of aromatic nitrogens is 1. The zero-order valence-electron chi connectivity index (χ0n) is 20.2. The van der Waals surface area contributed by atoms with Gasteiger partial charge in [-0.15, -0.1) is 0 Å². The van der Waals surface area contributed by atoms with E-state index in [2.05, 4.69) is 9.69 Å². The lowest BCUT2D eigenvalue weighted by Crippen LogP contribution is -2.44. The molecule has 0 aliphatic heterocycles. The van der Waals surface area contributed by atoms with Gasteiger partial charge in [-0.25, -0.2) is 0 Å². The first-order valence-corrected chi connectivity index (χ1v) is 12.0. The Balaban J connectivity index is 2.18. The fourth-order valence-electron chi connectivity index (χ4n) is 3.59. The third-order valence-corrected chi connectivity index (χ3v) is 6.38. The van der Waals surface area contributed by atoms with Gasteiger partial charge in [0.1, 0.15) is 16.7 Å². The van der Waals surface area contributed by atoms with Crippen LogP contribution in [-0.2, 0) is 9.53 Å². The van der Waals surface area contributed by atoms with E-state index in [-0.39, 0.29) is 41.1 Å². The monoisotopic (exact) mass is 511 g/mol. The molecule has 36 heavy (non-hydrogen) atoms. The number of nitrogens with one attached hydrogen (secondary N) is 1. The average Bonchev–Trinajstić information content (AvgIpc) is 3.24. The fraction of sp³-hybridized carbons (Fsp3) is 0.280. The summed E-state index contributed by atoms with van der Waals surface area (Å²) in [6, 6.07) is 12.1. The van der Waals surface area contributed by atoms with Crippen molar-refractivity contribution in [1.29, 1.82) is 0 Å². The number of benzene rings is 2. The Labute approximate surface area is 213 Å². The van der Waals surface area contributed by atoms with Gasteiger partial charge in [0.15, 0.2) is 5.69 Å². The van der Waals surface area contributed by atoms with Crippen molar-refractivity contribution in [3.63, 3.8) is 0 Å². The number of rotatable bonds is 10. The van der Waals surface area contributed by atoms with Gasteiger partial charge < -0.3 is 26.6 Å². The summed E-state index contributed by atoms with van der Waals surface area (Å²) in [7, 11) is 1.51. The Morgan fingerprint density at radius 3 is 2.22 bits per heavy atom. The van der Waals surface area contributed by atoms with Gasteiger partial charge >= 0.3 is 0 Å². The van der Waals surface area contributed by atoms with Gasteiger partial charge in [-0.2, -0.15) is 4.37 Å². The summed E-state index contributed by atoms with van der Waals surface area (Å²) in [5.74, 6) is -1.70. The number of methoxy groups -OCH3 is 1. The normalized spacial score (nSPS) is 11.8. The second-order valence-corrected chi connectivity index (χ2v) is 9.11. The number of aromatic hydroxyl groups is 1. The van der Waals surface area contributed by atoms with E-state index >= 15 is 0 Å². The average molecular weight is 512 g/mol. The largest absolute Gasteiger partial charge is 0.508 e. The second-order valence-electron chi connectivity index (χ2n) is 8.34. The highest BCUT2D eigenvalue weighted by atomic mass is 32.1. The van der Waals surface area contributed by atoms with Crippen LogP contribution in [0.25, 0.3) is 0 Å². The highest BCUT2D eigenvalue weighted by molar-refractivity contribution is 7.09. The van der Waals surface area contributed by atoms with Crippen molar-refractivity contribution in [3.05, 3.63) is 70.2 Å². The molecule has 10 nitrogen and oxygen atoms in total. The lowest BCUT2D eigenvalue weighted by atomic mass is 10.00. The van der Waals surface area contributed by atoms with Gasteiger partial charge in [0.05, 0.1) is 12.3 Å². The number of carbonyl (C=O) groups is 3. The minimum Gasteiger partial charge on any atom is -0.508 e. The van der Waals surface area contributed by atoms with Gasteiger partial charge in [-0.1, -0.05) is 38.1 Å². The van der Waals surface area contributed by atoms with Crippen molar-refractivity contribution in [2.24, 2.45) is 5.73 Å². The summed E-state index contributed by atoms with van der Waals surface area (Å²) in [5.41, 5.74) is 13.0. The van der Waals surface area contributed by atoms with Crippen LogP contribution in [0.2, 0.25) is 0 Å².